The van der Waals surface area contributed by atoms with Crippen LogP contribution in [0.2, 0.25) is 0 Å². The van der Waals surface area contributed by atoms with Gasteiger partial charge < -0.3 is 14.5 Å². The summed E-state index contributed by atoms with van der Waals surface area (Å²) in [6, 6.07) is 10.9. The minimum absolute atomic E-state index is 0.0101. The number of piperazine rings is 1. The zero-order chi connectivity index (χ0) is 19.5. The van der Waals surface area contributed by atoms with Gasteiger partial charge in [0, 0.05) is 26.2 Å². The van der Waals surface area contributed by atoms with E-state index in [1.54, 1.807) is 21.9 Å². The van der Waals surface area contributed by atoms with Crippen LogP contribution in [0.3, 0.4) is 0 Å². The molecule has 1 aromatic carbocycles. The number of hydrogen-bond acceptors (Lipinski definition) is 5. The minimum Gasteiger partial charge on any atom is -0.491 e. The second-order valence-corrected chi connectivity index (χ2v) is 7.64. The van der Waals surface area contributed by atoms with Gasteiger partial charge in [0.25, 0.3) is 5.91 Å². The van der Waals surface area contributed by atoms with Crippen LogP contribution < -0.4 is 9.64 Å². The van der Waals surface area contributed by atoms with Crippen molar-refractivity contribution in [1.29, 1.82) is 0 Å². The molecular formula is C20H21N3O4S. The SMILES string of the molecule is O=C(CN1C(=O)CCOc2ccccc21)N1CCN(C(=O)c2cccs2)CC1. The van der Waals surface area contributed by atoms with Crippen molar-refractivity contribution in [3.8, 4) is 5.75 Å². The summed E-state index contributed by atoms with van der Waals surface area (Å²) in [4.78, 5) is 43.5. The Morgan fingerprint density at radius 1 is 1.00 bits per heavy atom. The predicted octanol–water partition coefficient (Wildman–Crippen LogP) is 1.85. The third-order valence-electron chi connectivity index (χ3n) is 4.98. The van der Waals surface area contributed by atoms with E-state index in [4.69, 9.17) is 4.74 Å². The first-order valence-corrected chi connectivity index (χ1v) is 10.1. The fraction of sp³-hybridized carbons (Fsp3) is 0.350. The molecule has 8 heteroatoms. The van der Waals surface area contributed by atoms with Crippen molar-refractivity contribution >= 4 is 34.7 Å². The van der Waals surface area contributed by atoms with Crippen LogP contribution in [0.5, 0.6) is 5.75 Å². The maximum absolute atomic E-state index is 12.8. The molecule has 0 saturated carbocycles. The first-order valence-electron chi connectivity index (χ1n) is 9.26. The van der Waals surface area contributed by atoms with Gasteiger partial charge in [-0.15, -0.1) is 11.3 Å². The first kappa shape index (κ1) is 18.5. The van der Waals surface area contributed by atoms with Crippen LogP contribution in [0.4, 0.5) is 5.69 Å². The lowest BCUT2D eigenvalue weighted by atomic mass is 10.2. The summed E-state index contributed by atoms with van der Waals surface area (Å²) in [6.07, 6.45) is 0.241. The Hall–Kier alpha value is -2.87. The van der Waals surface area contributed by atoms with Gasteiger partial charge in [0.2, 0.25) is 11.8 Å². The molecule has 3 heterocycles. The van der Waals surface area contributed by atoms with Crippen LogP contribution in [0.25, 0.3) is 0 Å². The van der Waals surface area contributed by atoms with Gasteiger partial charge in [-0.2, -0.15) is 0 Å². The van der Waals surface area contributed by atoms with Gasteiger partial charge in [0.15, 0.2) is 0 Å². The van der Waals surface area contributed by atoms with Crippen molar-refractivity contribution in [2.75, 3.05) is 44.2 Å². The zero-order valence-electron chi connectivity index (χ0n) is 15.4. The maximum atomic E-state index is 12.8. The number of carbonyl (C=O) groups is 3. The summed E-state index contributed by atoms with van der Waals surface area (Å²) < 4.78 is 5.62. The van der Waals surface area contributed by atoms with E-state index in [0.29, 0.717) is 49.1 Å². The maximum Gasteiger partial charge on any atom is 0.264 e. The summed E-state index contributed by atoms with van der Waals surface area (Å²) in [5.41, 5.74) is 0.629. The molecule has 4 rings (SSSR count). The number of amides is 3. The second kappa shape index (κ2) is 8.02. The lowest BCUT2D eigenvalue weighted by Gasteiger charge is -2.35. The fourth-order valence-corrected chi connectivity index (χ4v) is 4.13. The van der Waals surface area contributed by atoms with E-state index >= 15 is 0 Å². The molecule has 0 bridgehead atoms. The van der Waals surface area contributed by atoms with E-state index in [0.717, 1.165) is 0 Å². The summed E-state index contributed by atoms with van der Waals surface area (Å²) in [7, 11) is 0. The number of hydrogen-bond donors (Lipinski definition) is 0. The lowest BCUT2D eigenvalue weighted by Crippen LogP contribution is -2.53. The molecule has 1 saturated heterocycles. The Morgan fingerprint density at radius 3 is 2.50 bits per heavy atom. The number of nitrogens with zero attached hydrogens (tertiary/aromatic N) is 3. The molecule has 0 spiro atoms. The van der Waals surface area contributed by atoms with E-state index in [9.17, 15) is 14.4 Å². The molecule has 1 aromatic heterocycles. The molecule has 7 nitrogen and oxygen atoms in total. The van der Waals surface area contributed by atoms with E-state index in [-0.39, 0.29) is 30.7 Å². The largest absolute Gasteiger partial charge is 0.491 e. The van der Waals surface area contributed by atoms with E-state index in [1.807, 2.05) is 29.6 Å². The third-order valence-corrected chi connectivity index (χ3v) is 5.83. The summed E-state index contributed by atoms with van der Waals surface area (Å²) in [5.74, 6) is 0.390. The Kier molecular flexibility index (Phi) is 5.29. The van der Waals surface area contributed by atoms with Crippen molar-refractivity contribution in [2.24, 2.45) is 0 Å². The molecule has 0 N–H and O–H groups in total. The van der Waals surface area contributed by atoms with Gasteiger partial charge in [-0.25, -0.2) is 0 Å². The Labute approximate surface area is 167 Å². The highest BCUT2D eigenvalue weighted by Crippen LogP contribution is 2.31. The Morgan fingerprint density at radius 2 is 1.75 bits per heavy atom. The van der Waals surface area contributed by atoms with Crippen molar-refractivity contribution in [3.05, 3.63) is 46.7 Å². The molecule has 0 aliphatic carbocycles. The molecule has 1 fully saturated rings. The van der Waals surface area contributed by atoms with Crippen molar-refractivity contribution < 1.29 is 19.1 Å². The number of fused-ring (bicyclic) bond motifs is 1. The smallest absolute Gasteiger partial charge is 0.264 e. The van der Waals surface area contributed by atoms with Crippen LogP contribution in [0.15, 0.2) is 41.8 Å². The molecule has 146 valence electrons. The van der Waals surface area contributed by atoms with E-state index < -0.39 is 0 Å². The number of anilines is 1. The van der Waals surface area contributed by atoms with Gasteiger partial charge in [-0.3, -0.25) is 19.3 Å². The normalized spacial score (nSPS) is 17.0. The average Bonchev–Trinajstić information content (AvgIpc) is 3.21. The molecule has 2 aliphatic rings. The fourth-order valence-electron chi connectivity index (χ4n) is 3.44. The zero-order valence-corrected chi connectivity index (χ0v) is 16.2. The highest BCUT2D eigenvalue weighted by Gasteiger charge is 2.29. The molecule has 2 aliphatic heterocycles. The van der Waals surface area contributed by atoms with E-state index in [1.165, 1.54) is 16.2 Å². The quantitative estimate of drug-likeness (QED) is 0.790. The monoisotopic (exact) mass is 399 g/mol. The van der Waals surface area contributed by atoms with Gasteiger partial charge in [-0.05, 0) is 23.6 Å². The van der Waals surface area contributed by atoms with Crippen molar-refractivity contribution in [1.82, 2.24) is 9.80 Å². The summed E-state index contributed by atoms with van der Waals surface area (Å²) in [6.45, 7) is 2.22. The van der Waals surface area contributed by atoms with Gasteiger partial charge >= 0.3 is 0 Å². The number of benzene rings is 1. The Balaban J connectivity index is 1.39. The highest BCUT2D eigenvalue weighted by atomic mass is 32.1. The van der Waals surface area contributed by atoms with Crippen LogP contribution in [-0.2, 0) is 9.59 Å². The highest BCUT2D eigenvalue weighted by molar-refractivity contribution is 7.12. The number of para-hydroxylation sites is 2. The van der Waals surface area contributed by atoms with E-state index in [2.05, 4.69) is 0 Å². The van der Waals surface area contributed by atoms with Gasteiger partial charge in [-0.1, -0.05) is 18.2 Å². The molecule has 3 amide bonds. The first-order chi connectivity index (χ1) is 13.6. The number of ether oxygens (including phenoxy) is 1. The molecule has 0 atom stereocenters. The average molecular weight is 399 g/mol. The number of thiophene rings is 1. The molecule has 0 unspecified atom stereocenters. The predicted molar refractivity (Wildman–Crippen MR) is 106 cm³/mol. The van der Waals surface area contributed by atoms with Gasteiger partial charge in [0.1, 0.15) is 12.3 Å². The summed E-state index contributed by atoms with van der Waals surface area (Å²) in [5, 5.41) is 1.88. The molecular weight excluding hydrogens is 378 g/mol. The number of rotatable bonds is 3. The molecule has 0 radical (unpaired) electrons. The van der Waals surface area contributed by atoms with Crippen LogP contribution >= 0.6 is 11.3 Å². The minimum atomic E-state index is -0.121. The molecule has 2 aromatic rings. The van der Waals surface area contributed by atoms with Crippen LogP contribution in [-0.4, -0.2) is 66.9 Å². The third kappa shape index (κ3) is 3.73. The molecule has 28 heavy (non-hydrogen) atoms. The second-order valence-electron chi connectivity index (χ2n) is 6.70. The lowest BCUT2D eigenvalue weighted by molar-refractivity contribution is -0.132. The van der Waals surface area contributed by atoms with Crippen LogP contribution in [0.1, 0.15) is 16.1 Å². The topological polar surface area (TPSA) is 70.2 Å². The van der Waals surface area contributed by atoms with Crippen LogP contribution in [0, 0.1) is 0 Å². The van der Waals surface area contributed by atoms with Crippen molar-refractivity contribution in [3.63, 3.8) is 0 Å². The van der Waals surface area contributed by atoms with Gasteiger partial charge in [0.05, 0.1) is 23.6 Å². The summed E-state index contributed by atoms with van der Waals surface area (Å²) >= 11 is 1.42. The number of carbonyl (C=O) groups excluding carboxylic acids is 3. The standard InChI is InChI=1S/C20H21N3O4S/c24-18-7-12-27-16-5-2-1-4-15(16)23(18)14-19(25)21-8-10-22(11-9-21)20(26)17-6-3-13-28-17/h1-6,13H,7-12,14H2. The van der Waals surface area contributed by atoms with Crippen molar-refractivity contribution in [2.45, 2.75) is 6.42 Å². The Bertz CT molecular complexity index is 875.